The third kappa shape index (κ3) is 2.72. The summed E-state index contributed by atoms with van der Waals surface area (Å²) in [5, 5.41) is 6.61. The second-order valence-corrected chi connectivity index (χ2v) is 6.26. The molecule has 5 nitrogen and oxygen atoms in total. The van der Waals surface area contributed by atoms with E-state index in [9.17, 15) is 4.79 Å². The SMILES string of the molecule is COc1ccc(-c2ccc(C(=O)NC3CC4CCC3N4)o2)cc1. The number of carbonyl (C=O) groups excluding carboxylic acids is 1. The van der Waals surface area contributed by atoms with Crippen molar-refractivity contribution >= 4 is 5.91 Å². The Bertz CT molecular complexity index is 707. The molecule has 5 heteroatoms. The molecule has 2 aromatic rings. The predicted molar refractivity (Wildman–Crippen MR) is 86.5 cm³/mol. The fraction of sp³-hybridized carbons (Fsp3) is 0.389. The van der Waals surface area contributed by atoms with Crippen molar-refractivity contribution in [2.45, 2.75) is 37.4 Å². The van der Waals surface area contributed by atoms with Crippen LogP contribution in [0.2, 0.25) is 0 Å². The molecule has 1 aromatic heterocycles. The first kappa shape index (κ1) is 14.3. The van der Waals surface area contributed by atoms with Gasteiger partial charge in [-0.05, 0) is 55.7 Å². The fourth-order valence-electron chi connectivity index (χ4n) is 3.59. The van der Waals surface area contributed by atoms with Gasteiger partial charge in [0.2, 0.25) is 0 Å². The quantitative estimate of drug-likeness (QED) is 0.911. The number of hydrogen-bond acceptors (Lipinski definition) is 4. The summed E-state index contributed by atoms with van der Waals surface area (Å²) in [6.45, 7) is 0. The van der Waals surface area contributed by atoms with E-state index in [1.165, 1.54) is 6.42 Å². The maximum atomic E-state index is 12.4. The van der Waals surface area contributed by atoms with Crippen molar-refractivity contribution in [2.24, 2.45) is 0 Å². The van der Waals surface area contributed by atoms with Crippen molar-refractivity contribution in [2.75, 3.05) is 7.11 Å². The van der Waals surface area contributed by atoms with E-state index < -0.39 is 0 Å². The lowest BCUT2D eigenvalue weighted by molar-refractivity contribution is 0.0903. The normalized spacial score (nSPS) is 25.5. The molecule has 23 heavy (non-hydrogen) atoms. The summed E-state index contributed by atoms with van der Waals surface area (Å²) in [5.41, 5.74) is 0.923. The van der Waals surface area contributed by atoms with Gasteiger partial charge in [-0.2, -0.15) is 0 Å². The molecule has 2 aliphatic heterocycles. The number of carbonyl (C=O) groups is 1. The fourth-order valence-corrected chi connectivity index (χ4v) is 3.59. The summed E-state index contributed by atoms with van der Waals surface area (Å²) in [7, 11) is 1.63. The van der Waals surface area contributed by atoms with Gasteiger partial charge >= 0.3 is 0 Å². The largest absolute Gasteiger partial charge is 0.497 e. The monoisotopic (exact) mass is 312 g/mol. The lowest BCUT2D eigenvalue weighted by Gasteiger charge is -2.20. The average molecular weight is 312 g/mol. The summed E-state index contributed by atoms with van der Waals surface area (Å²) in [6, 6.07) is 12.3. The zero-order chi connectivity index (χ0) is 15.8. The first-order chi connectivity index (χ1) is 11.2. The highest BCUT2D eigenvalue weighted by Gasteiger charge is 2.39. The highest BCUT2D eigenvalue weighted by molar-refractivity contribution is 5.92. The number of fused-ring (bicyclic) bond motifs is 2. The summed E-state index contributed by atoms with van der Waals surface area (Å²) >= 11 is 0. The van der Waals surface area contributed by atoms with Crippen molar-refractivity contribution < 1.29 is 13.9 Å². The van der Waals surface area contributed by atoms with Crippen LogP contribution in [0.4, 0.5) is 0 Å². The van der Waals surface area contributed by atoms with Crippen molar-refractivity contribution in [3.8, 4) is 17.1 Å². The molecule has 2 fully saturated rings. The third-order valence-electron chi connectivity index (χ3n) is 4.82. The van der Waals surface area contributed by atoms with Crippen LogP contribution in [0, 0.1) is 0 Å². The summed E-state index contributed by atoms with van der Waals surface area (Å²) in [4.78, 5) is 12.4. The van der Waals surface area contributed by atoms with Gasteiger partial charge in [-0.1, -0.05) is 0 Å². The van der Waals surface area contributed by atoms with Crippen LogP contribution < -0.4 is 15.4 Å². The molecule has 4 rings (SSSR count). The second kappa shape index (κ2) is 5.74. The Labute approximate surface area is 135 Å². The van der Waals surface area contributed by atoms with Gasteiger partial charge in [-0.15, -0.1) is 0 Å². The Hall–Kier alpha value is -2.27. The number of amides is 1. The van der Waals surface area contributed by atoms with Crippen LogP contribution in [0.1, 0.15) is 29.8 Å². The van der Waals surface area contributed by atoms with Gasteiger partial charge in [-0.25, -0.2) is 0 Å². The summed E-state index contributed by atoms with van der Waals surface area (Å²) < 4.78 is 10.9. The molecule has 1 amide bonds. The van der Waals surface area contributed by atoms with Gasteiger partial charge < -0.3 is 19.8 Å². The third-order valence-corrected chi connectivity index (χ3v) is 4.82. The van der Waals surface area contributed by atoms with E-state index in [4.69, 9.17) is 9.15 Å². The zero-order valence-corrected chi connectivity index (χ0v) is 13.0. The smallest absolute Gasteiger partial charge is 0.287 e. The molecule has 3 heterocycles. The molecular formula is C18H20N2O3. The van der Waals surface area contributed by atoms with Crippen molar-refractivity contribution in [1.82, 2.24) is 10.6 Å². The minimum absolute atomic E-state index is 0.135. The van der Waals surface area contributed by atoms with Crippen LogP contribution in [-0.4, -0.2) is 31.1 Å². The van der Waals surface area contributed by atoms with E-state index in [1.54, 1.807) is 13.2 Å². The van der Waals surface area contributed by atoms with E-state index in [0.717, 1.165) is 24.2 Å². The van der Waals surface area contributed by atoms with Gasteiger partial charge in [0.25, 0.3) is 5.91 Å². The molecule has 2 saturated heterocycles. The highest BCUT2D eigenvalue weighted by Crippen LogP contribution is 2.29. The van der Waals surface area contributed by atoms with Crippen molar-refractivity contribution in [3.05, 3.63) is 42.2 Å². The Kier molecular flexibility index (Phi) is 3.58. The molecule has 0 radical (unpaired) electrons. The number of ether oxygens (including phenoxy) is 1. The van der Waals surface area contributed by atoms with Gasteiger partial charge in [0, 0.05) is 23.7 Å². The van der Waals surface area contributed by atoms with Crippen molar-refractivity contribution in [1.29, 1.82) is 0 Å². The van der Waals surface area contributed by atoms with Gasteiger partial charge in [0.1, 0.15) is 11.5 Å². The lowest BCUT2D eigenvalue weighted by Crippen LogP contribution is -2.42. The van der Waals surface area contributed by atoms with Gasteiger partial charge in [0.15, 0.2) is 5.76 Å². The Morgan fingerprint density at radius 1 is 1.22 bits per heavy atom. The molecule has 3 unspecified atom stereocenters. The Balaban J connectivity index is 1.45. The maximum absolute atomic E-state index is 12.4. The summed E-state index contributed by atoms with van der Waals surface area (Å²) in [5.74, 6) is 1.70. The average Bonchev–Trinajstić information content (AvgIpc) is 3.31. The molecule has 120 valence electrons. The van der Waals surface area contributed by atoms with E-state index in [-0.39, 0.29) is 11.9 Å². The number of nitrogens with one attached hydrogen (secondary N) is 2. The number of benzene rings is 1. The van der Waals surface area contributed by atoms with Crippen LogP contribution in [0.25, 0.3) is 11.3 Å². The minimum Gasteiger partial charge on any atom is -0.497 e. The van der Waals surface area contributed by atoms with Crippen LogP contribution >= 0.6 is 0 Å². The van der Waals surface area contributed by atoms with Gasteiger partial charge in [0.05, 0.1) is 7.11 Å². The molecular weight excluding hydrogens is 292 g/mol. The molecule has 3 atom stereocenters. The number of methoxy groups -OCH3 is 1. The van der Waals surface area contributed by atoms with Crippen LogP contribution in [0.15, 0.2) is 40.8 Å². The topological polar surface area (TPSA) is 63.5 Å². The molecule has 2 aliphatic rings. The molecule has 2 N–H and O–H groups in total. The van der Waals surface area contributed by atoms with Crippen LogP contribution in [0.5, 0.6) is 5.75 Å². The summed E-state index contributed by atoms with van der Waals surface area (Å²) in [6.07, 6.45) is 3.38. The van der Waals surface area contributed by atoms with E-state index in [2.05, 4.69) is 10.6 Å². The van der Waals surface area contributed by atoms with E-state index in [1.807, 2.05) is 30.3 Å². The predicted octanol–water partition coefficient (Wildman–Crippen LogP) is 2.58. The minimum atomic E-state index is -0.135. The molecule has 1 aromatic carbocycles. The first-order valence-electron chi connectivity index (χ1n) is 8.04. The standard InChI is InChI=1S/C18H20N2O3/c1-22-13-5-2-11(3-6-13)16-8-9-17(23-16)18(21)20-15-10-12-4-7-14(15)19-12/h2-3,5-6,8-9,12,14-15,19H,4,7,10H2,1H3,(H,20,21). The van der Waals surface area contributed by atoms with E-state index in [0.29, 0.717) is 23.6 Å². The zero-order valence-electron chi connectivity index (χ0n) is 13.0. The Morgan fingerprint density at radius 3 is 2.70 bits per heavy atom. The van der Waals surface area contributed by atoms with Gasteiger partial charge in [-0.3, -0.25) is 4.79 Å². The van der Waals surface area contributed by atoms with Crippen molar-refractivity contribution in [3.63, 3.8) is 0 Å². The number of rotatable bonds is 4. The molecule has 2 bridgehead atoms. The first-order valence-corrected chi connectivity index (χ1v) is 8.04. The Morgan fingerprint density at radius 2 is 2.04 bits per heavy atom. The van der Waals surface area contributed by atoms with Crippen LogP contribution in [-0.2, 0) is 0 Å². The number of furan rings is 1. The number of hydrogen-bond donors (Lipinski definition) is 2. The molecule has 0 spiro atoms. The lowest BCUT2D eigenvalue weighted by atomic mass is 9.95. The maximum Gasteiger partial charge on any atom is 0.287 e. The molecule has 0 aliphatic carbocycles. The van der Waals surface area contributed by atoms with Crippen LogP contribution in [0.3, 0.4) is 0 Å². The highest BCUT2D eigenvalue weighted by atomic mass is 16.5. The second-order valence-electron chi connectivity index (χ2n) is 6.26. The van der Waals surface area contributed by atoms with E-state index >= 15 is 0 Å². The molecule has 0 saturated carbocycles.